The zero-order chi connectivity index (χ0) is 73.2. The molecule has 17 nitrogen and oxygen atoms in total. The summed E-state index contributed by atoms with van der Waals surface area (Å²) in [6.07, 6.45) is 85.2. The van der Waals surface area contributed by atoms with Gasteiger partial charge < -0.3 is 33.8 Å². The number of esters is 4. The number of allylic oxidation sites excluding steroid dienone is 29. The predicted octanol–water partition coefficient (Wildman–Crippen LogP) is 21.2. The largest absolute Gasteiger partial charge is 0.472 e. The Kier molecular flexibility index (Phi) is 67.4. The monoisotopic (exact) mass is 1430 g/mol. The number of rotatable bonds is 67. The van der Waals surface area contributed by atoms with Gasteiger partial charge in [-0.1, -0.05) is 261 Å². The van der Waals surface area contributed by atoms with E-state index < -0.39 is 97.5 Å². The van der Waals surface area contributed by atoms with E-state index >= 15 is 0 Å². The van der Waals surface area contributed by atoms with Crippen molar-refractivity contribution in [1.29, 1.82) is 0 Å². The van der Waals surface area contributed by atoms with Gasteiger partial charge in [0.15, 0.2) is 12.2 Å². The molecule has 0 bridgehead atoms. The maximum atomic E-state index is 13.1. The first-order valence-corrected chi connectivity index (χ1v) is 40.0. The van der Waals surface area contributed by atoms with Crippen molar-refractivity contribution < 1.29 is 80.2 Å². The Labute approximate surface area is 603 Å². The molecule has 0 aliphatic carbocycles. The molecule has 0 saturated carbocycles. The number of hydrogen-bond donors (Lipinski definition) is 3. The van der Waals surface area contributed by atoms with Crippen LogP contribution in [-0.4, -0.2) is 96.7 Å². The highest BCUT2D eigenvalue weighted by Crippen LogP contribution is 2.45. The number of unbranched alkanes of at least 4 members (excludes halogenated alkanes) is 12. The molecule has 564 valence electrons. The fourth-order valence-electron chi connectivity index (χ4n) is 8.84. The maximum absolute atomic E-state index is 13.1. The SMILES string of the molecule is CC/C=C\C/C=C\C/C=C\C/C=C\C/C=C\C/C=C\CCC(=O)OCC(COP(=O)(O)OCC(O)COP(=O)(O)OCC(COC(=O)C/C=C\C/C=C\C/C=C\C/C=C\C/C=C\CC)OC(=O)CCCCCCC/C=C\C/C=C\C/C=C\CC)OC(=O)CCCCCCC/C=C\CCCC. The number of phosphoric ester groups is 2. The summed E-state index contributed by atoms with van der Waals surface area (Å²) in [5.74, 6) is -2.47. The molecule has 3 N–H and O–H groups in total. The minimum atomic E-state index is -5.01. The van der Waals surface area contributed by atoms with E-state index in [2.05, 4.69) is 167 Å². The van der Waals surface area contributed by atoms with Gasteiger partial charge in [-0.25, -0.2) is 9.13 Å². The van der Waals surface area contributed by atoms with Crippen LogP contribution in [0, 0.1) is 0 Å². The highest BCUT2D eigenvalue weighted by atomic mass is 31.2. The Bertz CT molecular complexity index is 2620. The minimum Gasteiger partial charge on any atom is -0.462 e. The van der Waals surface area contributed by atoms with Gasteiger partial charge >= 0.3 is 39.5 Å². The average Bonchev–Trinajstić information content (AvgIpc) is 0.953. The third kappa shape index (κ3) is 70.6. The molecule has 0 amide bonds. The van der Waals surface area contributed by atoms with Gasteiger partial charge in [0, 0.05) is 19.3 Å². The molecule has 0 rings (SSSR count). The molecule has 0 spiro atoms. The quantitative estimate of drug-likeness (QED) is 0.0169. The lowest BCUT2D eigenvalue weighted by molar-refractivity contribution is -0.161. The van der Waals surface area contributed by atoms with Crippen LogP contribution in [0.4, 0.5) is 0 Å². The number of aliphatic hydroxyl groups is 1. The van der Waals surface area contributed by atoms with Crippen LogP contribution in [0.2, 0.25) is 0 Å². The van der Waals surface area contributed by atoms with Crippen molar-refractivity contribution >= 4 is 39.5 Å². The van der Waals surface area contributed by atoms with Gasteiger partial charge in [0.25, 0.3) is 0 Å². The second-order valence-corrected chi connectivity index (χ2v) is 26.7. The Morgan fingerprint density at radius 2 is 0.580 bits per heavy atom. The lowest BCUT2D eigenvalue weighted by atomic mass is 10.1. The number of phosphoric acid groups is 2. The number of carbonyl (C=O) groups is 4. The van der Waals surface area contributed by atoms with Crippen molar-refractivity contribution in [2.45, 2.75) is 264 Å². The van der Waals surface area contributed by atoms with Crippen molar-refractivity contribution in [1.82, 2.24) is 0 Å². The first-order chi connectivity index (χ1) is 48.7. The molecule has 0 saturated heterocycles. The third-order valence-electron chi connectivity index (χ3n) is 14.4. The van der Waals surface area contributed by atoms with E-state index in [0.717, 1.165) is 154 Å². The van der Waals surface area contributed by atoms with Crippen molar-refractivity contribution in [3.63, 3.8) is 0 Å². The van der Waals surface area contributed by atoms with Gasteiger partial charge in [0.1, 0.15) is 19.3 Å². The smallest absolute Gasteiger partial charge is 0.462 e. The summed E-state index contributed by atoms with van der Waals surface area (Å²) in [5, 5.41) is 10.6. The van der Waals surface area contributed by atoms with E-state index in [0.29, 0.717) is 32.1 Å². The number of hydrogen-bond acceptors (Lipinski definition) is 15. The molecule has 19 heteroatoms. The summed E-state index contributed by atoms with van der Waals surface area (Å²) in [4.78, 5) is 72.7. The van der Waals surface area contributed by atoms with Crippen molar-refractivity contribution in [2.24, 2.45) is 0 Å². The van der Waals surface area contributed by atoms with E-state index in [1.165, 1.54) is 6.42 Å². The normalized spacial score (nSPS) is 15.0. The van der Waals surface area contributed by atoms with Crippen LogP contribution in [0.5, 0.6) is 0 Å². The summed E-state index contributed by atoms with van der Waals surface area (Å²) in [7, 11) is -10.0. The first kappa shape index (κ1) is 94.2. The van der Waals surface area contributed by atoms with Crippen LogP contribution >= 0.6 is 15.6 Å². The van der Waals surface area contributed by atoms with Gasteiger partial charge in [-0.15, -0.1) is 0 Å². The topological polar surface area (TPSA) is 237 Å². The predicted molar refractivity (Wildman–Crippen MR) is 408 cm³/mol. The van der Waals surface area contributed by atoms with Crippen LogP contribution in [0.1, 0.15) is 246 Å². The molecule has 0 aliphatic heterocycles. The summed E-state index contributed by atoms with van der Waals surface area (Å²) >= 11 is 0. The van der Waals surface area contributed by atoms with E-state index in [-0.39, 0.29) is 25.7 Å². The minimum absolute atomic E-state index is 0.0261. The lowest BCUT2D eigenvalue weighted by Gasteiger charge is -2.21. The van der Waals surface area contributed by atoms with E-state index in [1.807, 2.05) is 36.5 Å². The van der Waals surface area contributed by atoms with Gasteiger partial charge in [-0.05, 0) is 141 Å². The summed E-state index contributed by atoms with van der Waals surface area (Å²) in [6.45, 7) is 4.21. The molecule has 0 radical (unpaired) electrons. The summed E-state index contributed by atoms with van der Waals surface area (Å²) < 4.78 is 68.1. The van der Waals surface area contributed by atoms with Gasteiger partial charge in [0.2, 0.25) is 0 Å². The van der Waals surface area contributed by atoms with Gasteiger partial charge in [-0.2, -0.15) is 0 Å². The van der Waals surface area contributed by atoms with Crippen molar-refractivity contribution in [3.05, 3.63) is 182 Å². The Morgan fingerprint density at radius 1 is 0.300 bits per heavy atom. The molecule has 0 aliphatic rings. The third-order valence-corrected chi connectivity index (χ3v) is 16.3. The fourth-order valence-corrected chi connectivity index (χ4v) is 10.4. The summed E-state index contributed by atoms with van der Waals surface area (Å²) in [6, 6.07) is 0. The van der Waals surface area contributed by atoms with Crippen LogP contribution in [-0.2, 0) is 65.4 Å². The number of aliphatic hydroxyl groups excluding tert-OH is 1. The number of ether oxygens (including phenoxy) is 4. The highest BCUT2D eigenvalue weighted by molar-refractivity contribution is 7.47. The molecular weight excluding hydrogens is 1310 g/mol. The van der Waals surface area contributed by atoms with Crippen LogP contribution < -0.4 is 0 Å². The molecule has 0 aromatic carbocycles. The molecule has 5 atom stereocenters. The maximum Gasteiger partial charge on any atom is 0.472 e. The van der Waals surface area contributed by atoms with Crippen molar-refractivity contribution in [2.75, 3.05) is 39.6 Å². The Morgan fingerprint density at radius 3 is 0.940 bits per heavy atom. The van der Waals surface area contributed by atoms with Crippen LogP contribution in [0.15, 0.2) is 182 Å². The van der Waals surface area contributed by atoms with E-state index in [4.69, 9.17) is 37.0 Å². The zero-order valence-electron chi connectivity index (χ0n) is 61.3. The van der Waals surface area contributed by atoms with E-state index in [9.17, 15) is 43.2 Å². The average molecular weight is 1440 g/mol. The molecule has 0 heterocycles. The Hall–Kier alpha value is -5.84. The van der Waals surface area contributed by atoms with Gasteiger partial charge in [-0.3, -0.25) is 37.3 Å². The first-order valence-electron chi connectivity index (χ1n) is 37.0. The van der Waals surface area contributed by atoms with Gasteiger partial charge in [0.05, 0.1) is 32.8 Å². The standard InChI is InChI=1S/C81H128O17P2/c1-5-9-13-17-21-25-29-32-35-36-37-38-41-43-47-50-54-58-62-66-79(84)91-71-76(97-80(85)67-63-59-55-51-45-28-24-20-16-12-8-4)73-95-99(87,88)93-69-75(82)70-94-100(89,90)96-74-77(98-81(86)68-64-60-56-52-48-44-40-34-31-27-23-19-15-11-7-3)72-92-78(83)65-61-57-53-49-46-42-39-33-30-26-22-18-14-10-6-2/h9-11,13-15,20-27,32-35,37-40,43,46-47,49,54,57-58,61,75-77,82H,5-8,12,16-19,28-31,36,41-42,44-45,48,50-53,55-56,59-60,62-74H2,1-4H3,(H,87,88)(H,89,90)/b13-9-,14-10-,15-11-,24-20-,25-21-,26-22-,27-23-,35-32-,38-37-,39-33-,40-34-,47-43-,49-46-,58-54-,61-57-. The molecule has 0 aromatic rings. The fraction of sp³-hybridized carbons (Fsp3) is 0.580. The Balaban J connectivity index is 5.49. The zero-order valence-corrected chi connectivity index (χ0v) is 63.1. The van der Waals surface area contributed by atoms with Crippen LogP contribution in [0.3, 0.4) is 0 Å². The number of carbonyl (C=O) groups excluding carboxylic acids is 4. The van der Waals surface area contributed by atoms with Crippen LogP contribution in [0.25, 0.3) is 0 Å². The second-order valence-electron chi connectivity index (χ2n) is 23.8. The second kappa shape index (κ2) is 71.6. The van der Waals surface area contributed by atoms with Crippen molar-refractivity contribution in [3.8, 4) is 0 Å². The molecule has 100 heavy (non-hydrogen) atoms. The highest BCUT2D eigenvalue weighted by Gasteiger charge is 2.30. The lowest BCUT2D eigenvalue weighted by Crippen LogP contribution is -2.30. The summed E-state index contributed by atoms with van der Waals surface area (Å²) in [5.41, 5.74) is 0. The molecule has 0 aromatic heterocycles. The van der Waals surface area contributed by atoms with E-state index in [1.54, 1.807) is 6.08 Å². The molecule has 0 fully saturated rings. The molecule has 5 unspecified atom stereocenters. The molecular formula is C81H128O17P2.